The predicted octanol–water partition coefficient (Wildman–Crippen LogP) is 1.39. The van der Waals surface area contributed by atoms with Gasteiger partial charge in [0.15, 0.2) is 5.82 Å². The van der Waals surface area contributed by atoms with Gasteiger partial charge in [-0.15, -0.1) is 0 Å². The summed E-state index contributed by atoms with van der Waals surface area (Å²) in [5.41, 5.74) is 1.71. The molecule has 8 heteroatoms. The molecule has 0 fully saturated rings. The molecular weight excluding hydrogens is 296 g/mol. The number of hydrogen-bond donors (Lipinski definition) is 2. The maximum absolute atomic E-state index is 12.1. The van der Waals surface area contributed by atoms with Crippen molar-refractivity contribution in [1.29, 1.82) is 0 Å². The van der Waals surface area contributed by atoms with Crippen LogP contribution in [0, 0.1) is 0 Å². The average Bonchev–Trinajstić information content (AvgIpc) is 3.25. The molecule has 3 heterocycles. The second-order valence-corrected chi connectivity index (χ2v) is 4.85. The fraction of sp³-hybridized carbons (Fsp3) is 0.267. The van der Waals surface area contributed by atoms with Gasteiger partial charge in [-0.3, -0.25) is 14.9 Å². The van der Waals surface area contributed by atoms with Gasteiger partial charge in [0, 0.05) is 25.6 Å². The topological polar surface area (TPSA) is 110 Å². The van der Waals surface area contributed by atoms with Crippen molar-refractivity contribution in [1.82, 2.24) is 30.6 Å². The highest BCUT2D eigenvalue weighted by Gasteiger charge is 2.12. The van der Waals surface area contributed by atoms with Crippen molar-refractivity contribution in [3.8, 4) is 11.4 Å². The normalized spacial score (nSPS) is 10.7. The highest BCUT2D eigenvalue weighted by molar-refractivity contribution is 5.93. The number of aromatic amines is 1. The molecule has 3 rings (SSSR count). The minimum atomic E-state index is -0.241. The summed E-state index contributed by atoms with van der Waals surface area (Å²) in [4.78, 5) is 20.4. The van der Waals surface area contributed by atoms with Crippen LogP contribution in [0.4, 0.5) is 0 Å². The molecule has 0 unspecified atom stereocenters. The predicted molar refractivity (Wildman–Crippen MR) is 81.5 cm³/mol. The van der Waals surface area contributed by atoms with Gasteiger partial charge >= 0.3 is 0 Å². The fourth-order valence-corrected chi connectivity index (χ4v) is 2.00. The Morgan fingerprint density at radius 3 is 3.00 bits per heavy atom. The fourth-order valence-electron chi connectivity index (χ4n) is 2.00. The number of aromatic nitrogens is 5. The molecule has 0 atom stereocenters. The number of nitrogens with one attached hydrogen (secondary N) is 2. The van der Waals surface area contributed by atoms with Crippen LogP contribution < -0.4 is 5.32 Å². The lowest BCUT2D eigenvalue weighted by molar-refractivity contribution is 0.0948. The maximum atomic E-state index is 12.1. The van der Waals surface area contributed by atoms with Crippen LogP contribution >= 0.6 is 0 Å². The minimum Gasteiger partial charge on any atom is -0.350 e. The van der Waals surface area contributed by atoms with E-state index in [-0.39, 0.29) is 5.91 Å². The van der Waals surface area contributed by atoms with Crippen molar-refractivity contribution in [2.24, 2.45) is 0 Å². The van der Waals surface area contributed by atoms with Crippen molar-refractivity contribution >= 4 is 5.91 Å². The van der Waals surface area contributed by atoms with Crippen LogP contribution in [0.2, 0.25) is 0 Å². The van der Waals surface area contributed by atoms with Crippen molar-refractivity contribution < 1.29 is 9.32 Å². The van der Waals surface area contributed by atoms with Crippen LogP contribution in [0.25, 0.3) is 11.4 Å². The van der Waals surface area contributed by atoms with E-state index in [1.165, 1.54) is 0 Å². The standard InChI is InChI=1S/C15H16N6O2/c1-2-13-18-14(23-21-13)6-8-17-15(22)12-9-11(19-20-12)10-5-3-4-7-16-10/h3-5,7,9H,2,6,8H2,1H3,(H,17,22)(H,19,20). The van der Waals surface area contributed by atoms with Gasteiger partial charge in [0.1, 0.15) is 11.4 Å². The van der Waals surface area contributed by atoms with Crippen molar-refractivity contribution in [3.63, 3.8) is 0 Å². The van der Waals surface area contributed by atoms with E-state index in [2.05, 4.69) is 30.6 Å². The molecule has 0 aliphatic rings. The van der Waals surface area contributed by atoms with E-state index in [0.717, 1.165) is 6.42 Å². The van der Waals surface area contributed by atoms with E-state index >= 15 is 0 Å². The highest BCUT2D eigenvalue weighted by atomic mass is 16.5. The molecule has 23 heavy (non-hydrogen) atoms. The van der Waals surface area contributed by atoms with Crippen LogP contribution in [0.5, 0.6) is 0 Å². The molecule has 1 amide bonds. The number of aryl methyl sites for hydroxylation is 1. The molecule has 118 valence electrons. The molecule has 0 spiro atoms. The number of rotatable bonds is 6. The third-order valence-corrected chi connectivity index (χ3v) is 3.20. The van der Waals surface area contributed by atoms with E-state index in [1.54, 1.807) is 12.3 Å². The zero-order valence-corrected chi connectivity index (χ0v) is 12.6. The number of carbonyl (C=O) groups is 1. The molecule has 0 aliphatic carbocycles. The number of hydrogen-bond acceptors (Lipinski definition) is 6. The molecular formula is C15H16N6O2. The molecule has 3 aromatic rings. The van der Waals surface area contributed by atoms with Gasteiger partial charge in [-0.2, -0.15) is 10.1 Å². The van der Waals surface area contributed by atoms with Crippen molar-refractivity contribution in [2.75, 3.05) is 6.54 Å². The average molecular weight is 312 g/mol. The van der Waals surface area contributed by atoms with Crippen LogP contribution in [-0.4, -0.2) is 37.8 Å². The van der Waals surface area contributed by atoms with E-state index in [0.29, 0.717) is 41.8 Å². The molecule has 2 N–H and O–H groups in total. The Hall–Kier alpha value is -3.03. The molecule has 0 saturated heterocycles. The summed E-state index contributed by atoms with van der Waals surface area (Å²) in [6.45, 7) is 2.36. The lowest BCUT2D eigenvalue weighted by Crippen LogP contribution is -2.26. The molecule has 3 aromatic heterocycles. The Morgan fingerprint density at radius 1 is 1.35 bits per heavy atom. The second-order valence-electron chi connectivity index (χ2n) is 4.85. The van der Waals surface area contributed by atoms with Gasteiger partial charge in [-0.25, -0.2) is 0 Å². The quantitative estimate of drug-likeness (QED) is 0.712. The first-order valence-electron chi connectivity index (χ1n) is 7.32. The number of amides is 1. The van der Waals surface area contributed by atoms with Crippen LogP contribution in [0.3, 0.4) is 0 Å². The Balaban J connectivity index is 1.55. The largest absolute Gasteiger partial charge is 0.350 e. The Kier molecular flexibility index (Phi) is 4.41. The van der Waals surface area contributed by atoms with Gasteiger partial charge < -0.3 is 9.84 Å². The van der Waals surface area contributed by atoms with E-state index in [1.807, 2.05) is 25.1 Å². The number of H-pyrrole nitrogens is 1. The summed E-state index contributed by atoms with van der Waals surface area (Å²) in [5, 5.41) is 13.4. The summed E-state index contributed by atoms with van der Waals surface area (Å²) < 4.78 is 5.06. The summed E-state index contributed by atoms with van der Waals surface area (Å²) in [7, 11) is 0. The molecule has 0 aliphatic heterocycles. The smallest absolute Gasteiger partial charge is 0.269 e. The van der Waals surface area contributed by atoms with Crippen molar-refractivity contribution in [2.45, 2.75) is 19.8 Å². The molecule has 0 saturated carbocycles. The number of pyridine rings is 1. The highest BCUT2D eigenvalue weighted by Crippen LogP contribution is 2.13. The summed E-state index contributed by atoms with van der Waals surface area (Å²) in [6, 6.07) is 7.19. The van der Waals surface area contributed by atoms with Crippen LogP contribution in [0.15, 0.2) is 35.0 Å². The summed E-state index contributed by atoms with van der Waals surface area (Å²) in [6.07, 6.45) is 2.89. The van der Waals surface area contributed by atoms with Crippen LogP contribution in [0.1, 0.15) is 29.1 Å². The lowest BCUT2D eigenvalue weighted by Gasteiger charge is -2.00. The van der Waals surface area contributed by atoms with Gasteiger partial charge in [-0.05, 0) is 18.2 Å². The van der Waals surface area contributed by atoms with Gasteiger partial charge in [0.05, 0.1) is 5.69 Å². The van der Waals surface area contributed by atoms with Gasteiger partial charge in [0.2, 0.25) is 5.89 Å². The molecule has 8 nitrogen and oxygen atoms in total. The first-order chi connectivity index (χ1) is 11.3. The Morgan fingerprint density at radius 2 is 2.26 bits per heavy atom. The first kappa shape index (κ1) is 14.9. The van der Waals surface area contributed by atoms with E-state index in [9.17, 15) is 4.79 Å². The van der Waals surface area contributed by atoms with E-state index in [4.69, 9.17) is 4.52 Å². The zero-order chi connectivity index (χ0) is 16.1. The molecule has 0 bridgehead atoms. The van der Waals surface area contributed by atoms with Crippen LogP contribution in [-0.2, 0) is 12.8 Å². The monoisotopic (exact) mass is 312 g/mol. The van der Waals surface area contributed by atoms with Crippen molar-refractivity contribution in [3.05, 3.63) is 47.9 Å². The Labute approximate surface area is 132 Å². The second kappa shape index (κ2) is 6.82. The molecule has 0 aromatic carbocycles. The molecule has 0 radical (unpaired) electrons. The minimum absolute atomic E-state index is 0.241. The maximum Gasteiger partial charge on any atom is 0.269 e. The number of nitrogens with zero attached hydrogens (tertiary/aromatic N) is 4. The third-order valence-electron chi connectivity index (χ3n) is 3.20. The zero-order valence-electron chi connectivity index (χ0n) is 12.6. The van der Waals surface area contributed by atoms with Gasteiger partial charge in [0.25, 0.3) is 5.91 Å². The summed E-state index contributed by atoms with van der Waals surface area (Å²) >= 11 is 0. The lowest BCUT2D eigenvalue weighted by atomic mass is 10.2. The third kappa shape index (κ3) is 3.60. The van der Waals surface area contributed by atoms with Gasteiger partial charge in [-0.1, -0.05) is 18.1 Å². The number of carbonyl (C=O) groups excluding carboxylic acids is 1. The van der Waals surface area contributed by atoms with E-state index < -0.39 is 0 Å². The Bertz CT molecular complexity index is 780. The SMILES string of the molecule is CCc1noc(CCNC(=O)c2cc(-c3ccccn3)n[nH]2)n1. The summed E-state index contributed by atoms with van der Waals surface area (Å²) in [5.74, 6) is 0.941. The first-order valence-corrected chi connectivity index (χ1v) is 7.32.